The molecular formula is C21H42NO2+. The molecule has 24 heavy (non-hydrogen) atoms. The average Bonchev–Trinajstić information content (AvgIpc) is 2.58. The third kappa shape index (κ3) is 17.5. The molecule has 142 valence electrons. The van der Waals surface area contributed by atoms with Crippen LogP contribution in [0, 0.1) is 0 Å². The van der Waals surface area contributed by atoms with Crippen LogP contribution in [0.1, 0.15) is 110 Å². The van der Waals surface area contributed by atoms with Crippen molar-refractivity contribution in [3.8, 4) is 0 Å². The summed E-state index contributed by atoms with van der Waals surface area (Å²) in [5.41, 5.74) is 3.77. The first-order valence-electron chi connectivity index (χ1n) is 10.4. The van der Waals surface area contributed by atoms with Crippen molar-refractivity contribution in [3.05, 3.63) is 12.2 Å². The summed E-state index contributed by atoms with van der Waals surface area (Å²) < 4.78 is 5.16. The summed E-state index contributed by atoms with van der Waals surface area (Å²) in [5, 5.41) is 0. The van der Waals surface area contributed by atoms with E-state index in [1.165, 1.54) is 70.6 Å². The van der Waals surface area contributed by atoms with Gasteiger partial charge in [-0.05, 0) is 32.1 Å². The molecule has 0 aliphatic rings. The molecule has 0 amide bonds. The van der Waals surface area contributed by atoms with Crippen LogP contribution < -0.4 is 5.73 Å². The molecule has 0 saturated heterocycles. The molecule has 1 unspecified atom stereocenters. The van der Waals surface area contributed by atoms with Crippen LogP contribution in [0.25, 0.3) is 0 Å². The molecule has 0 aromatic heterocycles. The van der Waals surface area contributed by atoms with Gasteiger partial charge in [-0.2, -0.15) is 0 Å². The van der Waals surface area contributed by atoms with Crippen LogP contribution in [0.5, 0.6) is 0 Å². The predicted octanol–water partition coefficient (Wildman–Crippen LogP) is 5.55. The van der Waals surface area contributed by atoms with E-state index in [2.05, 4.69) is 24.8 Å². The molecule has 0 rings (SSSR count). The van der Waals surface area contributed by atoms with Gasteiger partial charge in [0.2, 0.25) is 6.23 Å². The maximum atomic E-state index is 11.5. The molecule has 0 bridgehead atoms. The van der Waals surface area contributed by atoms with E-state index in [-0.39, 0.29) is 12.2 Å². The summed E-state index contributed by atoms with van der Waals surface area (Å²) in [5.74, 6) is -0.0884. The highest BCUT2D eigenvalue weighted by molar-refractivity contribution is 5.69. The second-order valence-electron chi connectivity index (χ2n) is 6.85. The summed E-state index contributed by atoms with van der Waals surface area (Å²) in [6.07, 6.45) is 22.4. The van der Waals surface area contributed by atoms with Crippen LogP contribution in [-0.4, -0.2) is 12.2 Å². The van der Waals surface area contributed by atoms with Crippen molar-refractivity contribution in [2.45, 2.75) is 116 Å². The number of hydrogen-bond donors (Lipinski definition) is 1. The molecule has 0 aromatic carbocycles. The van der Waals surface area contributed by atoms with Gasteiger partial charge < -0.3 is 10.5 Å². The minimum absolute atomic E-state index is 0.0884. The van der Waals surface area contributed by atoms with E-state index in [1.54, 1.807) is 0 Å². The Balaban J connectivity index is 3.22. The fraction of sp³-hybridized carbons (Fsp3) is 0.857. The van der Waals surface area contributed by atoms with Crippen molar-refractivity contribution in [2.75, 3.05) is 0 Å². The predicted molar refractivity (Wildman–Crippen MR) is 103 cm³/mol. The number of quaternary nitrogens is 1. The Labute approximate surface area is 150 Å². The van der Waals surface area contributed by atoms with Gasteiger partial charge in [0, 0.05) is 12.8 Å². The van der Waals surface area contributed by atoms with Gasteiger partial charge in [0.25, 0.3) is 0 Å². The molecule has 0 aliphatic heterocycles. The number of carbonyl (C=O) groups is 1. The molecule has 3 heteroatoms. The number of unbranched alkanes of at least 4 members (excludes halogenated alkanes) is 11. The van der Waals surface area contributed by atoms with Gasteiger partial charge in [-0.3, -0.25) is 4.79 Å². The van der Waals surface area contributed by atoms with Gasteiger partial charge in [-0.25, -0.2) is 0 Å². The maximum absolute atomic E-state index is 11.5. The molecule has 0 fully saturated rings. The zero-order valence-electron chi connectivity index (χ0n) is 16.4. The van der Waals surface area contributed by atoms with Crippen molar-refractivity contribution >= 4 is 5.97 Å². The summed E-state index contributed by atoms with van der Waals surface area (Å²) in [6.45, 7) is 4.25. The number of esters is 1. The Kier molecular flexibility index (Phi) is 17.9. The zero-order chi connectivity index (χ0) is 17.9. The molecule has 1 atom stereocenters. The fourth-order valence-electron chi connectivity index (χ4n) is 2.67. The van der Waals surface area contributed by atoms with Gasteiger partial charge in [-0.15, -0.1) is 0 Å². The Morgan fingerprint density at radius 1 is 0.833 bits per heavy atom. The summed E-state index contributed by atoms with van der Waals surface area (Å²) in [6, 6.07) is 0. The summed E-state index contributed by atoms with van der Waals surface area (Å²) >= 11 is 0. The van der Waals surface area contributed by atoms with E-state index in [0.717, 1.165) is 19.3 Å². The van der Waals surface area contributed by atoms with Gasteiger partial charge in [0.15, 0.2) is 0 Å². The van der Waals surface area contributed by atoms with Crippen molar-refractivity contribution in [1.29, 1.82) is 0 Å². The lowest BCUT2D eigenvalue weighted by atomic mass is 10.1. The number of allylic oxidation sites excluding steroid dienone is 2. The molecule has 0 saturated carbocycles. The van der Waals surface area contributed by atoms with E-state index >= 15 is 0 Å². The molecule has 3 nitrogen and oxygen atoms in total. The first-order valence-corrected chi connectivity index (χ1v) is 10.4. The highest BCUT2D eigenvalue weighted by Crippen LogP contribution is 2.10. The van der Waals surface area contributed by atoms with Crippen LogP contribution in [-0.2, 0) is 9.53 Å². The quantitative estimate of drug-likeness (QED) is 0.163. The van der Waals surface area contributed by atoms with E-state index in [9.17, 15) is 4.79 Å². The Hall–Kier alpha value is -0.830. The number of carbonyl (C=O) groups excluding carboxylic acids is 1. The van der Waals surface area contributed by atoms with E-state index in [1.807, 2.05) is 6.92 Å². The Morgan fingerprint density at radius 2 is 1.33 bits per heavy atom. The topological polar surface area (TPSA) is 53.9 Å². The van der Waals surface area contributed by atoms with Crippen LogP contribution in [0.3, 0.4) is 0 Å². The fourth-order valence-corrected chi connectivity index (χ4v) is 2.67. The normalized spacial score (nSPS) is 12.6. The highest BCUT2D eigenvalue weighted by Gasteiger charge is 2.09. The van der Waals surface area contributed by atoms with E-state index in [0.29, 0.717) is 6.42 Å². The molecule has 3 N–H and O–H groups in total. The molecular weight excluding hydrogens is 298 g/mol. The van der Waals surface area contributed by atoms with Crippen LogP contribution in [0.15, 0.2) is 12.2 Å². The summed E-state index contributed by atoms with van der Waals surface area (Å²) in [7, 11) is 0. The van der Waals surface area contributed by atoms with Crippen LogP contribution >= 0.6 is 0 Å². The Morgan fingerprint density at radius 3 is 1.88 bits per heavy atom. The lowest BCUT2D eigenvalue weighted by molar-refractivity contribution is -0.480. The molecule has 0 aromatic rings. The third-order valence-corrected chi connectivity index (χ3v) is 4.40. The minimum Gasteiger partial charge on any atom is -0.413 e. The van der Waals surface area contributed by atoms with Crippen LogP contribution in [0.4, 0.5) is 0 Å². The van der Waals surface area contributed by atoms with Gasteiger partial charge in [0.05, 0.1) is 0 Å². The smallest absolute Gasteiger partial charge is 0.310 e. The van der Waals surface area contributed by atoms with Gasteiger partial charge in [-0.1, -0.05) is 77.4 Å². The summed E-state index contributed by atoms with van der Waals surface area (Å²) in [4.78, 5) is 11.5. The van der Waals surface area contributed by atoms with Gasteiger partial charge >= 0.3 is 5.97 Å². The maximum Gasteiger partial charge on any atom is 0.310 e. The molecule has 0 heterocycles. The largest absolute Gasteiger partial charge is 0.413 e. The highest BCUT2D eigenvalue weighted by atomic mass is 16.6. The molecule has 0 aliphatic carbocycles. The lowest BCUT2D eigenvalue weighted by Gasteiger charge is -2.07. The van der Waals surface area contributed by atoms with Crippen molar-refractivity contribution in [3.63, 3.8) is 0 Å². The average molecular weight is 341 g/mol. The molecule has 0 radical (unpaired) electrons. The van der Waals surface area contributed by atoms with E-state index in [4.69, 9.17) is 4.74 Å². The minimum atomic E-state index is -0.180. The SMILES string of the molecule is CCCCCCCC/C=C/CCCCCCCC(=O)OC([NH3+])CC. The molecule has 0 spiro atoms. The standard InChI is InChI=1S/C21H41NO2/c1-3-5-6-7-8-9-10-11-12-13-14-15-16-17-18-19-21(23)24-20(22)4-2/h11-12,20H,3-10,13-19,22H2,1-2H3/p+1/b12-11+. The second-order valence-corrected chi connectivity index (χ2v) is 6.85. The first-order chi connectivity index (χ1) is 11.7. The number of hydrogen-bond acceptors (Lipinski definition) is 2. The first kappa shape index (κ1) is 23.2. The van der Waals surface area contributed by atoms with Crippen molar-refractivity contribution < 1.29 is 15.3 Å². The lowest BCUT2D eigenvalue weighted by Crippen LogP contribution is -2.62. The number of ether oxygens (including phenoxy) is 1. The van der Waals surface area contributed by atoms with Crippen molar-refractivity contribution in [2.24, 2.45) is 0 Å². The van der Waals surface area contributed by atoms with Crippen molar-refractivity contribution in [1.82, 2.24) is 0 Å². The number of rotatable bonds is 17. The van der Waals surface area contributed by atoms with Crippen LogP contribution in [0.2, 0.25) is 0 Å². The monoisotopic (exact) mass is 340 g/mol. The zero-order valence-corrected chi connectivity index (χ0v) is 16.4. The second kappa shape index (κ2) is 18.5. The Bertz CT molecular complexity index is 302. The van der Waals surface area contributed by atoms with E-state index < -0.39 is 0 Å². The third-order valence-electron chi connectivity index (χ3n) is 4.40. The van der Waals surface area contributed by atoms with Gasteiger partial charge in [0.1, 0.15) is 0 Å².